The van der Waals surface area contributed by atoms with Crippen LogP contribution in [0.2, 0.25) is 0 Å². The SMILES string of the molecule is C[C@](C#N)(N[C@@H](CO)c1ccccc1)C(F)(F)F. The molecule has 0 aliphatic carbocycles. The summed E-state index contributed by atoms with van der Waals surface area (Å²) < 4.78 is 38.3. The van der Waals surface area contributed by atoms with Gasteiger partial charge in [-0.2, -0.15) is 18.4 Å². The lowest BCUT2D eigenvalue weighted by atomic mass is 9.99. The van der Waals surface area contributed by atoms with Crippen molar-refractivity contribution < 1.29 is 18.3 Å². The van der Waals surface area contributed by atoms with E-state index in [0.29, 0.717) is 5.56 Å². The van der Waals surface area contributed by atoms with Gasteiger partial charge in [-0.3, -0.25) is 5.32 Å². The fourth-order valence-electron chi connectivity index (χ4n) is 1.45. The lowest BCUT2D eigenvalue weighted by molar-refractivity contribution is -0.177. The number of hydrogen-bond donors (Lipinski definition) is 2. The highest BCUT2D eigenvalue weighted by Crippen LogP contribution is 2.31. The van der Waals surface area contributed by atoms with E-state index >= 15 is 0 Å². The zero-order chi connectivity index (χ0) is 13.8. The van der Waals surface area contributed by atoms with Crippen molar-refractivity contribution in [2.24, 2.45) is 0 Å². The molecule has 0 saturated heterocycles. The molecule has 1 aromatic carbocycles. The van der Waals surface area contributed by atoms with Crippen LogP contribution in [0.15, 0.2) is 30.3 Å². The van der Waals surface area contributed by atoms with Crippen LogP contribution in [-0.2, 0) is 0 Å². The summed E-state index contributed by atoms with van der Waals surface area (Å²) in [6, 6.07) is 8.44. The third kappa shape index (κ3) is 3.00. The van der Waals surface area contributed by atoms with E-state index in [-0.39, 0.29) is 0 Å². The van der Waals surface area contributed by atoms with Gasteiger partial charge in [0.05, 0.1) is 18.7 Å². The van der Waals surface area contributed by atoms with Crippen LogP contribution in [0.1, 0.15) is 18.5 Å². The van der Waals surface area contributed by atoms with Gasteiger partial charge in [-0.25, -0.2) is 0 Å². The minimum absolute atomic E-state index is 0.491. The summed E-state index contributed by atoms with van der Waals surface area (Å²) in [6.45, 7) is 0.218. The van der Waals surface area contributed by atoms with Crippen LogP contribution in [0.5, 0.6) is 0 Å². The Balaban J connectivity index is 2.97. The van der Waals surface area contributed by atoms with Gasteiger partial charge in [-0.1, -0.05) is 30.3 Å². The van der Waals surface area contributed by atoms with Gasteiger partial charge in [-0.05, 0) is 12.5 Å². The molecule has 0 unspecified atom stereocenters. The van der Waals surface area contributed by atoms with Crippen LogP contribution >= 0.6 is 0 Å². The molecule has 0 aromatic heterocycles. The van der Waals surface area contributed by atoms with Crippen molar-refractivity contribution in [1.82, 2.24) is 5.32 Å². The van der Waals surface area contributed by atoms with E-state index in [2.05, 4.69) is 5.32 Å². The van der Waals surface area contributed by atoms with Gasteiger partial charge in [0.1, 0.15) is 0 Å². The van der Waals surface area contributed by atoms with Crippen LogP contribution in [0.3, 0.4) is 0 Å². The predicted octanol–water partition coefficient (Wildman–Crippen LogP) is 2.15. The van der Waals surface area contributed by atoms with Crippen LogP contribution in [-0.4, -0.2) is 23.4 Å². The lowest BCUT2D eigenvalue weighted by Crippen LogP contribution is -2.55. The first-order chi connectivity index (χ1) is 8.34. The standard InChI is InChI=1S/C12H13F3N2O/c1-11(8-16,12(13,14)15)17-10(7-18)9-5-3-2-4-6-9/h2-6,10,17-18H,7H2,1H3/t10-,11+/m0/s1. The first-order valence-corrected chi connectivity index (χ1v) is 5.25. The van der Waals surface area contributed by atoms with E-state index in [1.165, 1.54) is 6.07 Å². The number of rotatable bonds is 4. The first-order valence-electron chi connectivity index (χ1n) is 5.25. The van der Waals surface area contributed by atoms with E-state index < -0.39 is 24.4 Å². The number of alkyl halides is 3. The van der Waals surface area contributed by atoms with E-state index in [1.54, 1.807) is 30.3 Å². The Hall–Kier alpha value is -1.58. The molecule has 0 fully saturated rings. The normalized spacial score (nSPS) is 16.7. The van der Waals surface area contributed by atoms with Gasteiger partial charge in [0.15, 0.2) is 0 Å². The maximum atomic E-state index is 12.8. The van der Waals surface area contributed by atoms with Gasteiger partial charge in [-0.15, -0.1) is 0 Å². The minimum Gasteiger partial charge on any atom is -0.394 e. The van der Waals surface area contributed by atoms with E-state index in [1.807, 2.05) is 0 Å². The molecule has 1 rings (SSSR count). The average Bonchev–Trinajstić information content (AvgIpc) is 2.35. The molecule has 0 radical (unpaired) electrons. The van der Waals surface area contributed by atoms with E-state index in [9.17, 15) is 13.2 Å². The molecule has 0 spiro atoms. The molecule has 0 bridgehead atoms. The van der Waals surface area contributed by atoms with Crippen LogP contribution in [0, 0.1) is 11.3 Å². The summed E-state index contributed by atoms with van der Waals surface area (Å²) in [6.07, 6.45) is -4.72. The molecule has 6 heteroatoms. The quantitative estimate of drug-likeness (QED) is 0.870. The number of nitriles is 1. The number of nitrogens with zero attached hydrogens (tertiary/aromatic N) is 1. The Morgan fingerprint density at radius 1 is 1.33 bits per heavy atom. The highest BCUT2D eigenvalue weighted by Gasteiger charge is 2.52. The zero-order valence-corrected chi connectivity index (χ0v) is 9.70. The van der Waals surface area contributed by atoms with Crippen molar-refractivity contribution in [2.75, 3.05) is 6.61 Å². The van der Waals surface area contributed by atoms with Crippen LogP contribution in [0.4, 0.5) is 13.2 Å². The number of aliphatic hydroxyl groups is 1. The Morgan fingerprint density at radius 3 is 2.28 bits per heavy atom. The second kappa shape index (κ2) is 5.38. The summed E-state index contributed by atoms with van der Waals surface area (Å²) in [4.78, 5) is 0. The highest BCUT2D eigenvalue weighted by molar-refractivity contribution is 5.21. The van der Waals surface area contributed by atoms with Crippen molar-refractivity contribution in [3.63, 3.8) is 0 Å². The van der Waals surface area contributed by atoms with Crippen LogP contribution < -0.4 is 5.32 Å². The maximum Gasteiger partial charge on any atom is 0.419 e. The molecular weight excluding hydrogens is 245 g/mol. The number of hydrogen-bond acceptors (Lipinski definition) is 3. The fraction of sp³-hybridized carbons (Fsp3) is 0.417. The van der Waals surface area contributed by atoms with Gasteiger partial charge in [0, 0.05) is 0 Å². The van der Waals surface area contributed by atoms with Crippen LogP contribution in [0.25, 0.3) is 0 Å². The monoisotopic (exact) mass is 258 g/mol. The Kier molecular flexibility index (Phi) is 4.33. The molecule has 0 aliphatic heterocycles. The summed E-state index contributed by atoms with van der Waals surface area (Å²) in [5.41, 5.74) is -2.21. The number of benzene rings is 1. The molecule has 3 nitrogen and oxygen atoms in total. The highest BCUT2D eigenvalue weighted by atomic mass is 19.4. The topological polar surface area (TPSA) is 56.0 Å². The second-order valence-electron chi connectivity index (χ2n) is 4.02. The van der Waals surface area contributed by atoms with Crippen molar-refractivity contribution >= 4 is 0 Å². The smallest absolute Gasteiger partial charge is 0.394 e. The Labute approximate surface area is 103 Å². The van der Waals surface area contributed by atoms with Crippen molar-refractivity contribution in [3.05, 3.63) is 35.9 Å². The molecule has 2 atom stereocenters. The van der Waals surface area contributed by atoms with E-state index in [0.717, 1.165) is 6.92 Å². The third-order valence-electron chi connectivity index (χ3n) is 2.64. The van der Waals surface area contributed by atoms with Gasteiger partial charge in [0.2, 0.25) is 5.54 Å². The molecule has 0 saturated carbocycles. The van der Waals surface area contributed by atoms with Crippen molar-refractivity contribution in [3.8, 4) is 6.07 Å². The number of aliphatic hydroxyl groups excluding tert-OH is 1. The molecular formula is C12H13F3N2O. The van der Waals surface area contributed by atoms with Gasteiger partial charge in [0.25, 0.3) is 0 Å². The number of halogens is 3. The maximum absolute atomic E-state index is 12.8. The Morgan fingerprint density at radius 2 is 1.89 bits per heavy atom. The van der Waals surface area contributed by atoms with Crippen molar-refractivity contribution in [1.29, 1.82) is 5.26 Å². The van der Waals surface area contributed by atoms with Gasteiger partial charge >= 0.3 is 6.18 Å². The predicted molar refractivity (Wildman–Crippen MR) is 59.5 cm³/mol. The largest absolute Gasteiger partial charge is 0.419 e. The zero-order valence-electron chi connectivity index (χ0n) is 9.70. The molecule has 0 amide bonds. The lowest BCUT2D eigenvalue weighted by Gasteiger charge is -2.30. The molecule has 98 valence electrons. The Bertz CT molecular complexity index is 427. The minimum atomic E-state index is -4.72. The molecule has 0 heterocycles. The summed E-state index contributed by atoms with van der Waals surface area (Å²) in [7, 11) is 0. The summed E-state index contributed by atoms with van der Waals surface area (Å²) >= 11 is 0. The van der Waals surface area contributed by atoms with Crippen molar-refractivity contribution in [2.45, 2.75) is 24.7 Å². The van der Waals surface area contributed by atoms with Gasteiger partial charge < -0.3 is 5.11 Å². The second-order valence-corrected chi connectivity index (χ2v) is 4.02. The number of nitrogens with one attached hydrogen (secondary N) is 1. The van der Waals surface area contributed by atoms with E-state index in [4.69, 9.17) is 10.4 Å². The summed E-state index contributed by atoms with van der Waals surface area (Å²) in [5, 5.41) is 20.0. The molecule has 0 aliphatic rings. The molecule has 2 N–H and O–H groups in total. The average molecular weight is 258 g/mol. The third-order valence-corrected chi connectivity index (χ3v) is 2.64. The summed E-state index contributed by atoms with van der Waals surface area (Å²) in [5.74, 6) is 0. The fourth-order valence-corrected chi connectivity index (χ4v) is 1.45. The molecule has 18 heavy (non-hydrogen) atoms. The molecule has 1 aromatic rings. The first kappa shape index (κ1) is 14.5.